The number of rotatable bonds is 5. The summed E-state index contributed by atoms with van der Waals surface area (Å²) in [6.07, 6.45) is 7.71. The lowest BCUT2D eigenvalue weighted by molar-refractivity contribution is -0.163. The number of nitrogens with zero attached hydrogens (tertiary/aromatic N) is 1. The molecule has 2 unspecified atom stereocenters. The van der Waals surface area contributed by atoms with Crippen LogP contribution in [0, 0.1) is 5.92 Å². The zero-order valence-corrected chi connectivity index (χ0v) is 13.8. The zero-order valence-electron chi connectivity index (χ0n) is 13.8. The Morgan fingerprint density at radius 3 is 2.81 bits per heavy atom. The molecule has 122 valence electrons. The molecule has 2 atom stereocenters. The first-order valence-corrected chi connectivity index (χ1v) is 8.93. The van der Waals surface area contributed by atoms with Crippen molar-refractivity contribution in [2.75, 3.05) is 32.8 Å². The summed E-state index contributed by atoms with van der Waals surface area (Å²) >= 11 is 0. The summed E-state index contributed by atoms with van der Waals surface area (Å²) < 4.78 is 12.3. The van der Waals surface area contributed by atoms with Gasteiger partial charge in [0.25, 0.3) is 0 Å². The summed E-state index contributed by atoms with van der Waals surface area (Å²) in [6, 6.07) is 0.592. The minimum atomic E-state index is -0.195. The molecule has 0 aromatic heterocycles. The van der Waals surface area contributed by atoms with Crippen LogP contribution in [0.2, 0.25) is 0 Å². The van der Waals surface area contributed by atoms with Crippen molar-refractivity contribution < 1.29 is 9.47 Å². The lowest BCUT2D eigenvalue weighted by atomic mass is 9.97. The fourth-order valence-corrected chi connectivity index (χ4v) is 4.06. The highest BCUT2D eigenvalue weighted by molar-refractivity contribution is 4.86. The molecule has 3 aliphatic rings. The quantitative estimate of drug-likeness (QED) is 0.844. The van der Waals surface area contributed by atoms with Gasteiger partial charge in [0.15, 0.2) is 5.79 Å². The Labute approximate surface area is 129 Å². The summed E-state index contributed by atoms with van der Waals surface area (Å²) in [4.78, 5) is 2.60. The SMILES string of the molecule is CC(C)NCC1CCCN(CC2COC3(CCCC3)O2)C1. The molecule has 1 saturated carbocycles. The van der Waals surface area contributed by atoms with Crippen LogP contribution in [0.1, 0.15) is 52.4 Å². The van der Waals surface area contributed by atoms with Crippen molar-refractivity contribution >= 4 is 0 Å². The van der Waals surface area contributed by atoms with Crippen molar-refractivity contribution in [3.8, 4) is 0 Å². The molecule has 1 N–H and O–H groups in total. The van der Waals surface area contributed by atoms with Gasteiger partial charge in [-0.2, -0.15) is 0 Å². The molecule has 2 heterocycles. The molecule has 0 bridgehead atoms. The van der Waals surface area contributed by atoms with Gasteiger partial charge in [-0.3, -0.25) is 0 Å². The lowest BCUT2D eigenvalue weighted by Gasteiger charge is -2.34. The summed E-state index contributed by atoms with van der Waals surface area (Å²) in [5.41, 5.74) is 0. The van der Waals surface area contributed by atoms with E-state index in [-0.39, 0.29) is 5.79 Å². The zero-order chi connectivity index (χ0) is 14.7. The van der Waals surface area contributed by atoms with E-state index in [1.165, 1.54) is 38.8 Å². The van der Waals surface area contributed by atoms with Gasteiger partial charge >= 0.3 is 0 Å². The Bertz CT molecular complexity index is 329. The van der Waals surface area contributed by atoms with Crippen LogP contribution in [-0.4, -0.2) is 55.6 Å². The van der Waals surface area contributed by atoms with E-state index in [0.717, 1.165) is 38.5 Å². The summed E-state index contributed by atoms with van der Waals surface area (Å²) in [5, 5.41) is 3.59. The molecule has 4 nitrogen and oxygen atoms in total. The molecule has 1 spiro atoms. The molecule has 2 saturated heterocycles. The van der Waals surface area contributed by atoms with Crippen LogP contribution in [0.4, 0.5) is 0 Å². The minimum Gasteiger partial charge on any atom is -0.347 e. The molecule has 1 aliphatic carbocycles. The molecule has 2 aliphatic heterocycles. The standard InChI is InChI=1S/C17H32N2O2/c1-14(2)18-10-15-6-5-9-19(11-15)12-16-13-20-17(21-16)7-3-4-8-17/h14-16,18H,3-13H2,1-2H3. The van der Waals surface area contributed by atoms with E-state index in [1.54, 1.807) is 0 Å². The molecule has 21 heavy (non-hydrogen) atoms. The molecule has 4 heteroatoms. The maximum atomic E-state index is 6.27. The van der Waals surface area contributed by atoms with E-state index in [2.05, 4.69) is 24.1 Å². The fraction of sp³-hybridized carbons (Fsp3) is 1.00. The van der Waals surface area contributed by atoms with Gasteiger partial charge in [0.05, 0.1) is 12.7 Å². The minimum absolute atomic E-state index is 0.195. The van der Waals surface area contributed by atoms with E-state index in [0.29, 0.717) is 12.1 Å². The number of likely N-dealkylation sites (tertiary alicyclic amines) is 1. The second-order valence-electron chi connectivity index (χ2n) is 7.50. The van der Waals surface area contributed by atoms with Gasteiger partial charge in [0.2, 0.25) is 0 Å². The number of piperidine rings is 1. The van der Waals surface area contributed by atoms with Crippen LogP contribution in [0.5, 0.6) is 0 Å². The highest BCUT2D eigenvalue weighted by atomic mass is 16.7. The third-order valence-corrected chi connectivity index (χ3v) is 5.16. The van der Waals surface area contributed by atoms with E-state index in [9.17, 15) is 0 Å². The predicted molar refractivity (Wildman–Crippen MR) is 84.3 cm³/mol. The van der Waals surface area contributed by atoms with Crippen LogP contribution in [0.25, 0.3) is 0 Å². The Kier molecular flexibility index (Phi) is 5.20. The smallest absolute Gasteiger partial charge is 0.168 e. The topological polar surface area (TPSA) is 33.7 Å². The maximum absolute atomic E-state index is 6.27. The molecular formula is C17H32N2O2. The molecule has 0 amide bonds. The van der Waals surface area contributed by atoms with Crippen LogP contribution in [-0.2, 0) is 9.47 Å². The maximum Gasteiger partial charge on any atom is 0.168 e. The van der Waals surface area contributed by atoms with Gasteiger partial charge in [-0.1, -0.05) is 13.8 Å². The Morgan fingerprint density at radius 2 is 2.05 bits per heavy atom. The Morgan fingerprint density at radius 1 is 1.24 bits per heavy atom. The Balaban J connectivity index is 1.42. The molecule has 0 aromatic rings. The van der Waals surface area contributed by atoms with Crippen molar-refractivity contribution in [1.82, 2.24) is 10.2 Å². The summed E-state index contributed by atoms with van der Waals surface area (Å²) in [7, 11) is 0. The van der Waals surface area contributed by atoms with Gasteiger partial charge in [0, 0.05) is 32.0 Å². The normalized spacial score (nSPS) is 33.3. The van der Waals surface area contributed by atoms with E-state index in [1.807, 2.05) is 0 Å². The summed E-state index contributed by atoms with van der Waals surface area (Å²) in [5.74, 6) is 0.600. The summed E-state index contributed by atoms with van der Waals surface area (Å²) in [6.45, 7) is 9.90. The van der Waals surface area contributed by atoms with Crippen LogP contribution in [0.3, 0.4) is 0 Å². The van der Waals surface area contributed by atoms with Gasteiger partial charge < -0.3 is 19.7 Å². The highest BCUT2D eigenvalue weighted by Crippen LogP contribution is 2.39. The Hall–Kier alpha value is -0.160. The molecule has 3 fully saturated rings. The first-order chi connectivity index (χ1) is 10.2. The van der Waals surface area contributed by atoms with Gasteiger partial charge in [-0.05, 0) is 44.7 Å². The first kappa shape index (κ1) is 15.7. The van der Waals surface area contributed by atoms with E-state index < -0.39 is 0 Å². The van der Waals surface area contributed by atoms with Crippen molar-refractivity contribution in [2.24, 2.45) is 5.92 Å². The van der Waals surface area contributed by atoms with Crippen molar-refractivity contribution in [2.45, 2.75) is 70.3 Å². The van der Waals surface area contributed by atoms with Crippen molar-refractivity contribution in [1.29, 1.82) is 0 Å². The van der Waals surface area contributed by atoms with Crippen molar-refractivity contribution in [3.05, 3.63) is 0 Å². The monoisotopic (exact) mass is 296 g/mol. The van der Waals surface area contributed by atoms with Gasteiger partial charge in [-0.25, -0.2) is 0 Å². The largest absolute Gasteiger partial charge is 0.347 e. The van der Waals surface area contributed by atoms with Gasteiger partial charge in [0.1, 0.15) is 0 Å². The average Bonchev–Trinajstić information content (AvgIpc) is 3.08. The molecule has 0 radical (unpaired) electrons. The van der Waals surface area contributed by atoms with Crippen molar-refractivity contribution in [3.63, 3.8) is 0 Å². The van der Waals surface area contributed by atoms with E-state index in [4.69, 9.17) is 9.47 Å². The van der Waals surface area contributed by atoms with Crippen LogP contribution < -0.4 is 5.32 Å². The number of hydrogen-bond donors (Lipinski definition) is 1. The first-order valence-electron chi connectivity index (χ1n) is 8.93. The number of ether oxygens (including phenoxy) is 2. The number of hydrogen-bond acceptors (Lipinski definition) is 4. The third kappa shape index (κ3) is 4.19. The number of nitrogens with one attached hydrogen (secondary N) is 1. The molecule has 0 aromatic carbocycles. The lowest BCUT2D eigenvalue weighted by Crippen LogP contribution is -2.44. The van der Waals surface area contributed by atoms with Crippen LogP contribution in [0.15, 0.2) is 0 Å². The molecular weight excluding hydrogens is 264 g/mol. The highest BCUT2D eigenvalue weighted by Gasteiger charge is 2.44. The fourth-order valence-electron chi connectivity index (χ4n) is 4.06. The third-order valence-electron chi connectivity index (χ3n) is 5.16. The average molecular weight is 296 g/mol. The van der Waals surface area contributed by atoms with Crippen LogP contribution >= 0.6 is 0 Å². The predicted octanol–water partition coefficient (Wildman–Crippen LogP) is 2.38. The second-order valence-corrected chi connectivity index (χ2v) is 7.50. The van der Waals surface area contributed by atoms with E-state index >= 15 is 0 Å². The van der Waals surface area contributed by atoms with Gasteiger partial charge in [-0.15, -0.1) is 0 Å². The molecule has 3 rings (SSSR count). The second kappa shape index (κ2) is 6.95.